The molecule has 4 N–H and O–H groups in total. The van der Waals surface area contributed by atoms with Crippen molar-refractivity contribution in [3.05, 3.63) is 0 Å². The van der Waals surface area contributed by atoms with Crippen LogP contribution in [-0.2, 0) is 21.9 Å². The van der Waals surface area contributed by atoms with E-state index in [0.29, 0.717) is 12.8 Å². The number of rotatable bonds is 18. The third-order valence-corrected chi connectivity index (χ3v) is 20.4. The quantitative estimate of drug-likeness (QED) is 0.210. The van der Waals surface area contributed by atoms with Crippen molar-refractivity contribution in [1.82, 2.24) is 0 Å². The van der Waals surface area contributed by atoms with Crippen molar-refractivity contribution >= 4 is 45.3 Å². The van der Waals surface area contributed by atoms with Gasteiger partial charge in [0.05, 0.1) is 13.1 Å². The fourth-order valence-electron chi connectivity index (χ4n) is 4.02. The number of ketones is 2. The lowest BCUT2D eigenvalue weighted by atomic mass is 10.2. The van der Waals surface area contributed by atoms with Crippen molar-refractivity contribution < 1.29 is 21.9 Å². The molecule has 31 heavy (non-hydrogen) atoms. The predicted molar refractivity (Wildman–Crippen MR) is 139 cm³/mol. The molecule has 0 aliphatic rings. The zero-order valence-electron chi connectivity index (χ0n) is 21.3. The largest absolute Gasteiger partial charge is 0.436 e. The Morgan fingerprint density at radius 2 is 0.903 bits per heavy atom. The maximum absolute atomic E-state index is 11.4. The van der Waals surface area contributed by atoms with Gasteiger partial charge in [0.1, 0.15) is 11.6 Å². The molecular weight excluding hydrogens is 461 g/mol. The number of unbranched alkanes of at least 4 members (excludes halogenated alkanes) is 2. The van der Waals surface area contributed by atoms with Crippen molar-refractivity contribution in [2.75, 3.05) is 13.1 Å². The monoisotopic (exact) mass is 508 g/mol. The van der Waals surface area contributed by atoms with Gasteiger partial charge in [-0.25, -0.2) is 0 Å². The first-order valence-electron chi connectivity index (χ1n) is 11.6. The van der Waals surface area contributed by atoms with E-state index in [-0.39, 0.29) is 24.7 Å². The van der Waals surface area contributed by atoms with E-state index in [1.807, 2.05) is 0 Å². The van der Waals surface area contributed by atoms with Gasteiger partial charge < -0.3 is 23.8 Å². The Morgan fingerprint density at radius 1 is 0.581 bits per heavy atom. The molecule has 0 aliphatic heterocycles. The standard InChI is InChI=1S/C20H48N2O5Si4/c1-28(2,15-11-9-13-19(23)17-21)25-30(5,6)27-31(7,8)26-29(3,4)16-12-10-14-20(24)18-22/h9-18,21-22H2,1-8H3. The van der Waals surface area contributed by atoms with Crippen LogP contribution in [0, 0.1) is 0 Å². The molecular formula is C20H48N2O5Si4. The second-order valence-electron chi connectivity index (χ2n) is 10.5. The molecule has 0 atom stereocenters. The van der Waals surface area contributed by atoms with Gasteiger partial charge in [-0.2, -0.15) is 0 Å². The summed E-state index contributed by atoms with van der Waals surface area (Å²) in [5.41, 5.74) is 10.8. The number of carbonyl (C=O) groups is 2. The average Bonchev–Trinajstić information content (AvgIpc) is 2.58. The van der Waals surface area contributed by atoms with Crippen LogP contribution in [0.25, 0.3) is 0 Å². The van der Waals surface area contributed by atoms with Gasteiger partial charge in [0, 0.05) is 12.8 Å². The first-order valence-corrected chi connectivity index (χ1v) is 23.4. The van der Waals surface area contributed by atoms with Crippen LogP contribution in [0.2, 0.25) is 64.5 Å². The third kappa shape index (κ3) is 16.3. The fourth-order valence-corrected chi connectivity index (χ4v) is 23.5. The number of Topliss-reactive ketones (excluding diaryl/α,β-unsaturated/α-hetero) is 2. The molecule has 0 rings (SSSR count). The summed E-state index contributed by atoms with van der Waals surface area (Å²) in [6.07, 6.45) is 4.84. The van der Waals surface area contributed by atoms with E-state index in [0.717, 1.165) is 37.8 Å². The van der Waals surface area contributed by atoms with Crippen LogP contribution in [0.5, 0.6) is 0 Å². The molecule has 0 aromatic rings. The van der Waals surface area contributed by atoms with Gasteiger partial charge in [0.2, 0.25) is 0 Å². The van der Waals surface area contributed by atoms with E-state index in [9.17, 15) is 9.59 Å². The lowest BCUT2D eigenvalue weighted by molar-refractivity contribution is -0.118. The fraction of sp³-hybridized carbons (Fsp3) is 0.900. The van der Waals surface area contributed by atoms with Gasteiger partial charge in [-0.15, -0.1) is 0 Å². The minimum atomic E-state index is -2.35. The molecule has 0 aliphatic carbocycles. The summed E-state index contributed by atoms with van der Waals surface area (Å²) in [5.74, 6) is 0.252. The van der Waals surface area contributed by atoms with E-state index in [1.165, 1.54) is 0 Å². The average molecular weight is 509 g/mol. The maximum atomic E-state index is 11.4. The van der Waals surface area contributed by atoms with Crippen LogP contribution in [0.15, 0.2) is 0 Å². The molecule has 0 radical (unpaired) electrons. The zero-order valence-corrected chi connectivity index (χ0v) is 25.3. The Labute approximate surface area is 194 Å². The Morgan fingerprint density at radius 3 is 1.19 bits per heavy atom. The molecule has 0 fully saturated rings. The van der Waals surface area contributed by atoms with Crippen LogP contribution in [0.4, 0.5) is 0 Å². The highest BCUT2D eigenvalue weighted by molar-refractivity contribution is 6.89. The Kier molecular flexibility index (Phi) is 13.7. The van der Waals surface area contributed by atoms with Gasteiger partial charge in [-0.1, -0.05) is 12.8 Å². The molecule has 0 saturated heterocycles. The molecule has 184 valence electrons. The van der Waals surface area contributed by atoms with E-state index < -0.39 is 33.8 Å². The second kappa shape index (κ2) is 13.7. The molecule has 0 amide bonds. The second-order valence-corrected chi connectivity index (χ2v) is 26.6. The van der Waals surface area contributed by atoms with Crippen LogP contribution in [0.1, 0.15) is 38.5 Å². The third-order valence-electron chi connectivity index (χ3n) is 4.96. The van der Waals surface area contributed by atoms with Gasteiger partial charge in [-0.05, 0) is 77.3 Å². The number of hydrogen-bond acceptors (Lipinski definition) is 7. The van der Waals surface area contributed by atoms with E-state index in [1.54, 1.807) is 0 Å². The topological polar surface area (TPSA) is 114 Å². The number of hydrogen-bond donors (Lipinski definition) is 2. The molecule has 0 spiro atoms. The number of nitrogens with two attached hydrogens (primary N) is 2. The van der Waals surface area contributed by atoms with Crippen LogP contribution in [0.3, 0.4) is 0 Å². The Hall–Kier alpha value is 0.00753. The van der Waals surface area contributed by atoms with Crippen molar-refractivity contribution in [1.29, 1.82) is 0 Å². The molecule has 7 nitrogen and oxygen atoms in total. The van der Waals surface area contributed by atoms with Gasteiger partial charge >= 0.3 is 17.1 Å². The van der Waals surface area contributed by atoms with Crippen LogP contribution in [-0.4, -0.2) is 58.4 Å². The van der Waals surface area contributed by atoms with Crippen molar-refractivity contribution in [3.8, 4) is 0 Å². The van der Waals surface area contributed by atoms with Crippen molar-refractivity contribution in [2.24, 2.45) is 11.5 Å². The maximum Gasteiger partial charge on any atom is 0.312 e. The predicted octanol–water partition coefficient (Wildman–Crippen LogP) is 4.25. The SMILES string of the molecule is C[Si](C)(CCCCC(=O)CN)O[Si](C)(C)O[Si](C)(C)O[Si](C)(C)CCCCC(=O)CN. The summed E-state index contributed by atoms with van der Waals surface area (Å²) in [7, 11) is -8.47. The highest BCUT2D eigenvalue weighted by Crippen LogP contribution is 2.28. The van der Waals surface area contributed by atoms with E-state index in [2.05, 4.69) is 52.4 Å². The molecule has 11 heteroatoms. The summed E-state index contributed by atoms with van der Waals surface area (Å²) in [6.45, 7) is 17.6. The molecule has 0 unspecified atom stereocenters. The van der Waals surface area contributed by atoms with E-state index in [4.69, 9.17) is 23.8 Å². The first kappa shape index (κ1) is 31.0. The Balaban J connectivity index is 4.61. The first-order chi connectivity index (χ1) is 14.0. The molecule has 0 bridgehead atoms. The summed E-state index contributed by atoms with van der Waals surface area (Å²) in [6, 6.07) is 2.02. The zero-order chi connectivity index (χ0) is 24.3. The molecule has 0 heterocycles. The molecule has 0 aromatic carbocycles. The lowest BCUT2D eigenvalue weighted by Gasteiger charge is -2.41. The molecule has 0 aromatic heterocycles. The summed E-state index contributed by atoms with van der Waals surface area (Å²) >= 11 is 0. The molecule has 0 saturated carbocycles. The van der Waals surface area contributed by atoms with Crippen molar-refractivity contribution in [2.45, 2.75) is 103 Å². The normalized spacial score (nSPS) is 13.5. The van der Waals surface area contributed by atoms with Gasteiger partial charge in [0.15, 0.2) is 16.6 Å². The smallest absolute Gasteiger partial charge is 0.312 e. The van der Waals surface area contributed by atoms with E-state index >= 15 is 0 Å². The highest BCUT2D eigenvalue weighted by atomic mass is 28.5. The summed E-state index contributed by atoms with van der Waals surface area (Å²) in [4.78, 5) is 22.8. The van der Waals surface area contributed by atoms with Gasteiger partial charge in [-0.3, -0.25) is 9.59 Å². The van der Waals surface area contributed by atoms with Gasteiger partial charge in [0.25, 0.3) is 0 Å². The minimum Gasteiger partial charge on any atom is -0.436 e. The van der Waals surface area contributed by atoms with Crippen LogP contribution < -0.4 is 11.5 Å². The highest BCUT2D eigenvalue weighted by Gasteiger charge is 2.43. The Bertz CT molecular complexity index is 524. The lowest BCUT2D eigenvalue weighted by Crippen LogP contribution is -2.56. The number of carbonyl (C=O) groups excluding carboxylic acids is 2. The minimum absolute atomic E-state index is 0.126. The summed E-state index contributed by atoms with van der Waals surface area (Å²) in [5, 5.41) is 0. The van der Waals surface area contributed by atoms with Crippen LogP contribution >= 0.6 is 0 Å². The summed E-state index contributed by atoms with van der Waals surface area (Å²) < 4.78 is 19.8. The van der Waals surface area contributed by atoms with Crippen molar-refractivity contribution in [3.63, 3.8) is 0 Å².